The Bertz CT molecular complexity index is 184. The molecule has 0 heterocycles. The van der Waals surface area contributed by atoms with Gasteiger partial charge in [0.2, 0.25) is 0 Å². The Morgan fingerprint density at radius 1 is 0.944 bits per heavy atom. The van der Waals surface area contributed by atoms with Gasteiger partial charge in [0, 0.05) is 6.54 Å². The zero-order valence-corrected chi connectivity index (χ0v) is 13.0. The molecule has 4 heteroatoms. The summed E-state index contributed by atoms with van der Waals surface area (Å²) in [5.41, 5.74) is 5.19. The van der Waals surface area contributed by atoms with Gasteiger partial charge in [-0.1, -0.05) is 65.2 Å². The average molecular weight is 278 g/mol. The molecule has 0 aromatic heterocycles. The molecule has 0 aliphatic rings. The van der Waals surface area contributed by atoms with E-state index in [4.69, 9.17) is 11.1 Å². The minimum absolute atomic E-state index is 0. The van der Waals surface area contributed by atoms with Crippen molar-refractivity contribution in [3.8, 4) is 0 Å². The summed E-state index contributed by atoms with van der Waals surface area (Å²) in [6, 6.07) is 0. The smallest absolute Gasteiger partial charge is 0.185 e. The molecule has 0 atom stereocenters. The van der Waals surface area contributed by atoms with E-state index in [0.717, 1.165) is 18.9 Å². The van der Waals surface area contributed by atoms with Gasteiger partial charge < -0.3 is 11.1 Å². The molecule has 0 radical (unpaired) electrons. The number of nitrogens with one attached hydrogen (secondary N) is 2. The zero-order valence-electron chi connectivity index (χ0n) is 12.1. The van der Waals surface area contributed by atoms with Crippen LogP contribution >= 0.6 is 12.4 Å². The minimum atomic E-state index is 0. The first kappa shape index (κ1) is 19.9. The standard InChI is InChI=1S/C14H31N3.ClH/c1-13(2)11-9-7-5-3-4-6-8-10-12-17-14(15)16;/h13H,3-12H2,1-2H3,(H4,15,16,17);1H. The molecule has 0 fully saturated rings. The normalized spacial score (nSPS) is 10.2. The van der Waals surface area contributed by atoms with E-state index in [1.807, 2.05) is 0 Å². The fraction of sp³-hybridized carbons (Fsp3) is 0.929. The van der Waals surface area contributed by atoms with Gasteiger partial charge in [-0.25, -0.2) is 0 Å². The Labute approximate surface area is 119 Å². The molecule has 0 amide bonds. The van der Waals surface area contributed by atoms with Crippen LogP contribution in [0.1, 0.15) is 71.6 Å². The Hall–Kier alpha value is -0.440. The van der Waals surface area contributed by atoms with Crippen LogP contribution in [0.15, 0.2) is 0 Å². The molecule has 110 valence electrons. The highest BCUT2D eigenvalue weighted by atomic mass is 35.5. The van der Waals surface area contributed by atoms with Crippen molar-refractivity contribution in [1.29, 1.82) is 5.41 Å². The van der Waals surface area contributed by atoms with Crippen LogP contribution in [-0.2, 0) is 0 Å². The van der Waals surface area contributed by atoms with Crippen LogP contribution < -0.4 is 11.1 Å². The summed E-state index contributed by atoms with van der Waals surface area (Å²) < 4.78 is 0. The molecule has 0 bridgehead atoms. The van der Waals surface area contributed by atoms with E-state index in [1.165, 1.54) is 51.4 Å². The monoisotopic (exact) mass is 277 g/mol. The van der Waals surface area contributed by atoms with Crippen LogP contribution in [0.3, 0.4) is 0 Å². The van der Waals surface area contributed by atoms with Crippen molar-refractivity contribution < 1.29 is 0 Å². The number of halogens is 1. The van der Waals surface area contributed by atoms with E-state index in [9.17, 15) is 0 Å². The molecule has 0 aromatic rings. The molecule has 0 aromatic carbocycles. The SMILES string of the molecule is CC(C)CCCCCCCCCCNC(=N)N.Cl. The number of unbranched alkanes of at least 4 members (excludes halogenated alkanes) is 7. The first-order chi connectivity index (χ1) is 8.13. The van der Waals surface area contributed by atoms with Crippen molar-refractivity contribution >= 4 is 18.4 Å². The van der Waals surface area contributed by atoms with Gasteiger partial charge >= 0.3 is 0 Å². The number of hydrogen-bond donors (Lipinski definition) is 3. The van der Waals surface area contributed by atoms with E-state index >= 15 is 0 Å². The summed E-state index contributed by atoms with van der Waals surface area (Å²) in [6.45, 7) is 5.45. The van der Waals surface area contributed by atoms with Gasteiger partial charge in [0.15, 0.2) is 5.96 Å². The van der Waals surface area contributed by atoms with Crippen molar-refractivity contribution in [2.45, 2.75) is 71.6 Å². The molecular weight excluding hydrogens is 246 g/mol. The maximum Gasteiger partial charge on any atom is 0.185 e. The predicted molar refractivity (Wildman–Crippen MR) is 83.6 cm³/mol. The second kappa shape index (κ2) is 14.6. The van der Waals surface area contributed by atoms with Crippen LogP contribution in [0.25, 0.3) is 0 Å². The van der Waals surface area contributed by atoms with Crippen molar-refractivity contribution in [1.82, 2.24) is 5.32 Å². The lowest BCUT2D eigenvalue weighted by Crippen LogP contribution is -2.30. The van der Waals surface area contributed by atoms with Crippen LogP contribution in [0.4, 0.5) is 0 Å². The summed E-state index contributed by atoms with van der Waals surface area (Å²) in [4.78, 5) is 0. The summed E-state index contributed by atoms with van der Waals surface area (Å²) in [7, 11) is 0. The Balaban J connectivity index is 0. The maximum absolute atomic E-state index is 7.00. The molecule has 4 N–H and O–H groups in total. The third-order valence-corrected chi connectivity index (χ3v) is 3.02. The second-order valence-corrected chi connectivity index (χ2v) is 5.35. The van der Waals surface area contributed by atoms with Gasteiger partial charge in [0.1, 0.15) is 0 Å². The predicted octanol–water partition coefficient (Wildman–Crippen LogP) is 4.06. The summed E-state index contributed by atoms with van der Waals surface area (Å²) >= 11 is 0. The first-order valence-electron chi connectivity index (χ1n) is 7.21. The van der Waals surface area contributed by atoms with Gasteiger partial charge in [0.25, 0.3) is 0 Å². The second-order valence-electron chi connectivity index (χ2n) is 5.35. The van der Waals surface area contributed by atoms with Crippen molar-refractivity contribution in [2.24, 2.45) is 11.7 Å². The Morgan fingerprint density at radius 2 is 1.39 bits per heavy atom. The fourth-order valence-electron chi connectivity index (χ4n) is 1.96. The Morgan fingerprint density at radius 3 is 1.83 bits per heavy atom. The maximum atomic E-state index is 7.00. The summed E-state index contributed by atoms with van der Waals surface area (Å²) in [5.74, 6) is 0.957. The highest BCUT2D eigenvalue weighted by Crippen LogP contribution is 2.12. The molecule has 0 saturated heterocycles. The quantitative estimate of drug-likeness (QED) is 0.303. The summed E-state index contributed by atoms with van der Waals surface area (Å²) in [5, 5.41) is 9.84. The number of guanidine groups is 1. The van der Waals surface area contributed by atoms with Gasteiger partial charge in [-0.05, 0) is 12.3 Å². The third-order valence-electron chi connectivity index (χ3n) is 3.02. The van der Waals surface area contributed by atoms with Crippen molar-refractivity contribution in [3.05, 3.63) is 0 Å². The highest BCUT2D eigenvalue weighted by Gasteiger charge is 1.95. The minimum Gasteiger partial charge on any atom is -0.370 e. The largest absolute Gasteiger partial charge is 0.370 e. The lowest BCUT2D eigenvalue weighted by molar-refractivity contribution is 0.507. The molecule has 0 rings (SSSR count). The van der Waals surface area contributed by atoms with E-state index in [-0.39, 0.29) is 18.4 Å². The number of hydrogen-bond acceptors (Lipinski definition) is 1. The van der Waals surface area contributed by atoms with Crippen LogP contribution in [0.5, 0.6) is 0 Å². The van der Waals surface area contributed by atoms with Gasteiger partial charge in [0.05, 0.1) is 0 Å². The highest BCUT2D eigenvalue weighted by molar-refractivity contribution is 5.85. The van der Waals surface area contributed by atoms with Gasteiger partial charge in [-0.15, -0.1) is 12.4 Å². The van der Waals surface area contributed by atoms with Crippen LogP contribution in [-0.4, -0.2) is 12.5 Å². The molecule has 0 aliphatic carbocycles. The third kappa shape index (κ3) is 17.9. The molecule has 0 aliphatic heterocycles. The number of rotatable bonds is 11. The molecule has 0 saturated carbocycles. The van der Waals surface area contributed by atoms with Crippen molar-refractivity contribution in [2.75, 3.05) is 6.54 Å². The lowest BCUT2D eigenvalue weighted by atomic mass is 10.0. The van der Waals surface area contributed by atoms with Crippen LogP contribution in [0, 0.1) is 11.3 Å². The van der Waals surface area contributed by atoms with Gasteiger partial charge in [-0.3, -0.25) is 5.41 Å². The number of nitrogens with two attached hydrogens (primary N) is 1. The van der Waals surface area contributed by atoms with E-state index in [2.05, 4.69) is 19.2 Å². The molecular formula is C14H32ClN3. The van der Waals surface area contributed by atoms with E-state index < -0.39 is 0 Å². The fourth-order valence-corrected chi connectivity index (χ4v) is 1.96. The molecule has 0 spiro atoms. The zero-order chi connectivity index (χ0) is 12.9. The average Bonchev–Trinajstić information content (AvgIpc) is 2.25. The van der Waals surface area contributed by atoms with Gasteiger partial charge in [-0.2, -0.15) is 0 Å². The lowest BCUT2D eigenvalue weighted by Gasteiger charge is -2.05. The topological polar surface area (TPSA) is 61.9 Å². The van der Waals surface area contributed by atoms with Crippen molar-refractivity contribution in [3.63, 3.8) is 0 Å². The Kier molecular flexibility index (Phi) is 16.2. The van der Waals surface area contributed by atoms with E-state index in [0.29, 0.717) is 0 Å². The molecule has 18 heavy (non-hydrogen) atoms. The first-order valence-corrected chi connectivity index (χ1v) is 7.21. The van der Waals surface area contributed by atoms with Crippen LogP contribution in [0.2, 0.25) is 0 Å². The molecule has 3 nitrogen and oxygen atoms in total. The molecule has 0 unspecified atom stereocenters. The summed E-state index contributed by atoms with van der Waals surface area (Å²) in [6.07, 6.45) is 12.1. The van der Waals surface area contributed by atoms with E-state index in [1.54, 1.807) is 0 Å².